The van der Waals surface area contributed by atoms with Crippen LogP contribution in [0.1, 0.15) is 36.4 Å². The van der Waals surface area contributed by atoms with Gasteiger partial charge in [0.05, 0.1) is 12.6 Å². The average Bonchev–Trinajstić information content (AvgIpc) is 3.20. The maximum absolute atomic E-state index is 5.76. The maximum Gasteiger partial charge on any atom is 0.240 e. The van der Waals surface area contributed by atoms with Gasteiger partial charge in [-0.3, -0.25) is 4.90 Å². The zero-order valence-corrected chi connectivity index (χ0v) is 13.1. The summed E-state index contributed by atoms with van der Waals surface area (Å²) in [6, 6.07) is 4.25. The van der Waals surface area contributed by atoms with E-state index in [2.05, 4.69) is 32.6 Å². The van der Waals surface area contributed by atoms with Gasteiger partial charge in [0.1, 0.15) is 0 Å². The highest BCUT2D eigenvalue weighted by Gasteiger charge is 2.21. The van der Waals surface area contributed by atoms with E-state index >= 15 is 0 Å². The lowest BCUT2D eigenvalue weighted by Crippen LogP contribution is -2.31. The van der Waals surface area contributed by atoms with Gasteiger partial charge in [0.15, 0.2) is 5.82 Å². The van der Waals surface area contributed by atoms with Gasteiger partial charge in [0, 0.05) is 31.0 Å². The molecule has 114 valence electrons. The molecule has 0 radical (unpaired) electrons. The van der Waals surface area contributed by atoms with E-state index in [0.29, 0.717) is 18.5 Å². The van der Waals surface area contributed by atoms with Gasteiger partial charge < -0.3 is 9.26 Å². The lowest BCUT2D eigenvalue weighted by Gasteiger charge is -2.23. The van der Waals surface area contributed by atoms with Crippen molar-refractivity contribution in [3.05, 3.63) is 34.1 Å². The minimum absolute atomic E-state index is 0.332. The number of rotatable bonds is 7. The topological polar surface area (TPSA) is 51.4 Å². The summed E-state index contributed by atoms with van der Waals surface area (Å²) in [5.41, 5.74) is 0. The van der Waals surface area contributed by atoms with Crippen molar-refractivity contribution in [2.75, 3.05) is 13.2 Å². The van der Waals surface area contributed by atoms with E-state index in [1.54, 1.807) is 11.3 Å². The number of thiophene rings is 1. The van der Waals surface area contributed by atoms with Crippen molar-refractivity contribution in [3.8, 4) is 0 Å². The Morgan fingerprint density at radius 1 is 1.43 bits per heavy atom. The highest BCUT2D eigenvalue weighted by Crippen LogP contribution is 2.18. The monoisotopic (exact) mass is 307 g/mol. The normalized spacial score (nSPS) is 18.7. The number of aryl methyl sites for hydroxylation is 1. The molecular formula is C15H21N3O2S. The van der Waals surface area contributed by atoms with E-state index < -0.39 is 0 Å². The summed E-state index contributed by atoms with van der Waals surface area (Å²) < 4.78 is 11.1. The Balaban J connectivity index is 1.64. The van der Waals surface area contributed by atoms with Crippen LogP contribution in [0.25, 0.3) is 0 Å². The average molecular weight is 307 g/mol. The van der Waals surface area contributed by atoms with E-state index in [-0.39, 0.29) is 0 Å². The zero-order chi connectivity index (χ0) is 14.5. The van der Waals surface area contributed by atoms with Crippen LogP contribution >= 0.6 is 11.3 Å². The number of ether oxygens (including phenoxy) is 1. The zero-order valence-electron chi connectivity index (χ0n) is 12.3. The second-order valence-corrected chi connectivity index (χ2v) is 6.37. The molecule has 1 saturated heterocycles. The molecule has 3 rings (SSSR count). The van der Waals surface area contributed by atoms with Gasteiger partial charge in [0.25, 0.3) is 0 Å². The van der Waals surface area contributed by atoms with E-state index in [1.807, 2.05) is 6.92 Å². The summed E-state index contributed by atoms with van der Waals surface area (Å²) in [6.07, 6.45) is 3.45. The van der Waals surface area contributed by atoms with Crippen molar-refractivity contribution in [2.24, 2.45) is 0 Å². The second-order valence-electron chi connectivity index (χ2n) is 5.34. The maximum atomic E-state index is 5.76. The Morgan fingerprint density at radius 2 is 2.38 bits per heavy atom. The summed E-state index contributed by atoms with van der Waals surface area (Å²) in [6.45, 7) is 5.43. The molecule has 0 unspecified atom stereocenters. The Morgan fingerprint density at radius 3 is 3.05 bits per heavy atom. The van der Waals surface area contributed by atoms with Crippen LogP contribution in [-0.4, -0.2) is 34.3 Å². The van der Waals surface area contributed by atoms with Crippen LogP contribution in [0.3, 0.4) is 0 Å². The molecule has 1 aliphatic heterocycles. The quantitative estimate of drug-likeness (QED) is 0.787. The number of nitrogens with zero attached hydrogens (tertiary/aromatic N) is 3. The number of hydrogen-bond acceptors (Lipinski definition) is 6. The van der Waals surface area contributed by atoms with E-state index in [4.69, 9.17) is 9.26 Å². The third kappa shape index (κ3) is 4.12. The first-order valence-corrected chi connectivity index (χ1v) is 8.39. The Labute approximate surface area is 128 Å². The number of hydrogen-bond donors (Lipinski definition) is 0. The first kappa shape index (κ1) is 14.7. The molecule has 0 aliphatic carbocycles. The van der Waals surface area contributed by atoms with Crippen molar-refractivity contribution < 1.29 is 9.26 Å². The molecule has 0 N–H and O–H groups in total. The predicted molar refractivity (Wildman–Crippen MR) is 81.1 cm³/mol. The van der Waals surface area contributed by atoms with Gasteiger partial charge in [-0.1, -0.05) is 18.1 Å². The molecule has 5 nitrogen and oxygen atoms in total. The molecule has 2 aromatic rings. The van der Waals surface area contributed by atoms with Crippen molar-refractivity contribution in [1.82, 2.24) is 15.0 Å². The lowest BCUT2D eigenvalue weighted by molar-refractivity contribution is 0.0644. The molecule has 0 amide bonds. The molecular weight excluding hydrogens is 286 g/mol. The van der Waals surface area contributed by atoms with Crippen LogP contribution in [0.4, 0.5) is 0 Å². The van der Waals surface area contributed by atoms with Crippen LogP contribution < -0.4 is 0 Å². The minimum atomic E-state index is 0.332. The molecule has 1 fully saturated rings. The molecule has 6 heteroatoms. The summed E-state index contributed by atoms with van der Waals surface area (Å²) in [5.74, 6) is 1.47. The molecule has 0 aromatic carbocycles. The molecule has 0 bridgehead atoms. The standard InChI is InChI=1S/C15H21N3O2S/c1-2-14-16-15(20-17-14)11-18(9-12-5-3-7-19-12)10-13-6-4-8-21-13/h4,6,8,12H,2-3,5,7,9-11H2,1H3/t12-/m0/s1. The van der Waals surface area contributed by atoms with Crippen molar-refractivity contribution in [2.45, 2.75) is 45.4 Å². The smallest absolute Gasteiger partial charge is 0.240 e. The molecule has 3 heterocycles. The first-order chi connectivity index (χ1) is 10.3. The lowest BCUT2D eigenvalue weighted by atomic mass is 10.2. The third-order valence-electron chi connectivity index (χ3n) is 3.63. The second kappa shape index (κ2) is 7.15. The fourth-order valence-electron chi connectivity index (χ4n) is 2.57. The highest BCUT2D eigenvalue weighted by atomic mass is 32.1. The Kier molecular flexibility index (Phi) is 5.00. The molecule has 0 spiro atoms. The first-order valence-electron chi connectivity index (χ1n) is 7.51. The molecule has 2 aromatic heterocycles. The summed E-state index contributed by atoms with van der Waals surface area (Å²) in [4.78, 5) is 8.11. The number of aromatic nitrogens is 2. The van der Waals surface area contributed by atoms with Crippen LogP contribution in [0.2, 0.25) is 0 Å². The van der Waals surface area contributed by atoms with Crippen molar-refractivity contribution >= 4 is 11.3 Å². The fraction of sp³-hybridized carbons (Fsp3) is 0.600. The summed E-state index contributed by atoms with van der Waals surface area (Å²) in [5, 5.41) is 6.09. The van der Waals surface area contributed by atoms with Crippen molar-refractivity contribution in [1.29, 1.82) is 0 Å². The van der Waals surface area contributed by atoms with Crippen LogP contribution in [0.15, 0.2) is 22.0 Å². The van der Waals surface area contributed by atoms with E-state index in [1.165, 1.54) is 4.88 Å². The minimum Gasteiger partial charge on any atom is -0.377 e. The highest BCUT2D eigenvalue weighted by molar-refractivity contribution is 7.09. The molecule has 21 heavy (non-hydrogen) atoms. The summed E-state index contributed by atoms with van der Waals surface area (Å²) in [7, 11) is 0. The van der Waals surface area contributed by atoms with Gasteiger partial charge in [-0.25, -0.2) is 0 Å². The van der Waals surface area contributed by atoms with Crippen LogP contribution in [0, 0.1) is 0 Å². The van der Waals surface area contributed by atoms with Gasteiger partial charge in [-0.15, -0.1) is 11.3 Å². The molecule has 1 aliphatic rings. The van der Waals surface area contributed by atoms with Crippen LogP contribution in [0.5, 0.6) is 0 Å². The molecule has 1 atom stereocenters. The largest absolute Gasteiger partial charge is 0.377 e. The fourth-order valence-corrected chi connectivity index (χ4v) is 3.32. The Hall–Kier alpha value is -1.24. The van der Waals surface area contributed by atoms with Gasteiger partial charge in [0.2, 0.25) is 5.89 Å². The summed E-state index contributed by atoms with van der Waals surface area (Å²) >= 11 is 1.78. The van der Waals surface area contributed by atoms with E-state index in [0.717, 1.165) is 44.8 Å². The molecule has 0 saturated carbocycles. The van der Waals surface area contributed by atoms with Gasteiger partial charge in [-0.2, -0.15) is 4.98 Å². The van der Waals surface area contributed by atoms with Gasteiger partial charge >= 0.3 is 0 Å². The van der Waals surface area contributed by atoms with E-state index in [9.17, 15) is 0 Å². The van der Waals surface area contributed by atoms with Gasteiger partial charge in [-0.05, 0) is 24.3 Å². The predicted octanol–water partition coefficient (Wildman–Crippen LogP) is 2.87. The third-order valence-corrected chi connectivity index (χ3v) is 4.49. The SMILES string of the molecule is CCc1noc(CN(Cc2cccs2)C[C@@H]2CCCO2)n1. The van der Waals surface area contributed by atoms with Crippen molar-refractivity contribution in [3.63, 3.8) is 0 Å². The Bertz CT molecular complexity index is 535. The van der Waals surface area contributed by atoms with Crippen LogP contribution in [-0.2, 0) is 24.2 Å².